The minimum Gasteiger partial charge on any atom is -0.308 e. The van der Waals surface area contributed by atoms with Crippen LogP contribution in [0.15, 0.2) is 90.3 Å². The molecule has 0 radical (unpaired) electrons. The normalized spacial score (nSPS) is 13.0. The number of carbonyl (C=O) groups excluding carboxylic acids is 1. The molecule has 0 bridgehead atoms. The molecule has 4 rings (SSSR count). The Balaban J connectivity index is 1.74. The van der Waals surface area contributed by atoms with Gasteiger partial charge in [-0.05, 0) is 48.4 Å². The van der Waals surface area contributed by atoms with Crippen LogP contribution in [-0.4, -0.2) is 27.4 Å². The monoisotopic (exact) mass is 452 g/mol. The van der Waals surface area contributed by atoms with E-state index in [9.17, 15) is 13.2 Å². The molecule has 1 aliphatic heterocycles. The van der Waals surface area contributed by atoms with E-state index in [4.69, 9.17) is 11.6 Å². The molecule has 1 amide bonds. The first-order valence-electron chi connectivity index (χ1n) is 9.81. The Kier molecular flexibility index (Phi) is 5.85. The molecule has 31 heavy (non-hydrogen) atoms. The van der Waals surface area contributed by atoms with E-state index in [-0.39, 0.29) is 27.9 Å². The van der Waals surface area contributed by atoms with Gasteiger partial charge in [0.05, 0.1) is 27.7 Å². The van der Waals surface area contributed by atoms with E-state index in [1.807, 2.05) is 30.3 Å². The summed E-state index contributed by atoms with van der Waals surface area (Å²) >= 11 is 6.33. The third-order valence-corrected chi connectivity index (χ3v) is 7.35. The zero-order chi connectivity index (χ0) is 22.0. The fourth-order valence-corrected chi connectivity index (χ4v) is 5.36. The van der Waals surface area contributed by atoms with Crippen molar-refractivity contribution in [2.75, 3.05) is 22.3 Å². The van der Waals surface area contributed by atoms with Gasteiger partial charge in [-0.2, -0.15) is 0 Å². The fraction of sp³-hybridized carbons (Fsp3) is 0.125. The first-order chi connectivity index (χ1) is 14.9. The van der Waals surface area contributed by atoms with E-state index >= 15 is 0 Å². The molecule has 0 atom stereocenters. The second kappa shape index (κ2) is 8.57. The predicted octanol–water partition coefficient (Wildman–Crippen LogP) is 4.92. The van der Waals surface area contributed by atoms with Crippen molar-refractivity contribution >= 4 is 38.9 Å². The molecule has 1 heterocycles. The van der Waals surface area contributed by atoms with Gasteiger partial charge in [0.2, 0.25) is 0 Å². The predicted molar refractivity (Wildman–Crippen MR) is 124 cm³/mol. The number of amides is 1. The summed E-state index contributed by atoms with van der Waals surface area (Å²) in [5, 5.41) is 0.211. The lowest BCUT2D eigenvalue weighted by atomic mass is 10.1. The molecule has 1 aliphatic rings. The van der Waals surface area contributed by atoms with E-state index in [1.165, 1.54) is 28.6 Å². The van der Waals surface area contributed by atoms with Crippen LogP contribution in [0.5, 0.6) is 0 Å². The van der Waals surface area contributed by atoms with Crippen molar-refractivity contribution in [2.24, 2.45) is 0 Å². The molecular formula is C24H21ClN2O3S. The lowest BCUT2D eigenvalue weighted by molar-refractivity contribution is 0.0989. The van der Waals surface area contributed by atoms with Gasteiger partial charge in [-0.25, -0.2) is 8.42 Å². The van der Waals surface area contributed by atoms with Gasteiger partial charge in [-0.15, -0.1) is 6.58 Å². The highest BCUT2D eigenvalue weighted by atomic mass is 35.5. The van der Waals surface area contributed by atoms with E-state index in [0.717, 1.165) is 17.7 Å². The van der Waals surface area contributed by atoms with Crippen molar-refractivity contribution in [3.8, 4) is 0 Å². The first-order valence-corrected chi connectivity index (χ1v) is 11.6. The summed E-state index contributed by atoms with van der Waals surface area (Å²) in [4.78, 5) is 14.9. The lowest BCUT2D eigenvalue weighted by Crippen LogP contribution is -2.32. The number of nitrogens with zero attached hydrogens (tertiary/aromatic N) is 2. The number of hydrogen-bond donors (Lipinski definition) is 0. The van der Waals surface area contributed by atoms with Crippen LogP contribution in [-0.2, 0) is 16.4 Å². The Labute approximate surface area is 187 Å². The molecule has 0 aromatic heterocycles. The molecule has 3 aromatic carbocycles. The number of fused-ring (bicyclic) bond motifs is 1. The zero-order valence-electron chi connectivity index (χ0n) is 16.7. The SMILES string of the molecule is C=CCN(c1ccccc1)S(=O)(=O)c1ccc(Cl)c(C(=O)N2CCc3ccccc32)c1. The Morgan fingerprint density at radius 1 is 1.06 bits per heavy atom. The van der Waals surface area contributed by atoms with Crippen molar-refractivity contribution in [1.29, 1.82) is 0 Å². The van der Waals surface area contributed by atoms with Gasteiger partial charge in [0.1, 0.15) is 0 Å². The van der Waals surface area contributed by atoms with Crippen LogP contribution >= 0.6 is 11.6 Å². The number of benzene rings is 3. The zero-order valence-corrected chi connectivity index (χ0v) is 18.3. The summed E-state index contributed by atoms with van der Waals surface area (Å²) in [6.45, 7) is 4.30. The minimum absolute atomic E-state index is 0.00145. The molecule has 0 saturated heterocycles. The van der Waals surface area contributed by atoms with Crippen molar-refractivity contribution in [3.63, 3.8) is 0 Å². The molecule has 0 saturated carbocycles. The smallest absolute Gasteiger partial charge is 0.264 e. The van der Waals surface area contributed by atoms with Crippen molar-refractivity contribution in [1.82, 2.24) is 0 Å². The molecule has 0 unspecified atom stereocenters. The quantitative estimate of drug-likeness (QED) is 0.498. The van der Waals surface area contributed by atoms with Gasteiger partial charge in [0, 0.05) is 12.2 Å². The van der Waals surface area contributed by atoms with Crippen LogP contribution < -0.4 is 9.21 Å². The van der Waals surface area contributed by atoms with Crippen molar-refractivity contribution in [2.45, 2.75) is 11.3 Å². The largest absolute Gasteiger partial charge is 0.308 e. The first kappa shape index (κ1) is 21.2. The number of para-hydroxylation sites is 2. The molecule has 5 nitrogen and oxygen atoms in total. The number of rotatable bonds is 6. The second-order valence-electron chi connectivity index (χ2n) is 7.14. The van der Waals surface area contributed by atoms with E-state index in [0.29, 0.717) is 12.2 Å². The van der Waals surface area contributed by atoms with Crippen LogP contribution in [0, 0.1) is 0 Å². The average molecular weight is 453 g/mol. The summed E-state index contributed by atoms with van der Waals surface area (Å²) in [5.41, 5.74) is 2.58. The van der Waals surface area contributed by atoms with Crippen LogP contribution in [0.4, 0.5) is 11.4 Å². The maximum absolute atomic E-state index is 13.4. The summed E-state index contributed by atoms with van der Waals surface area (Å²) in [7, 11) is -3.94. The van der Waals surface area contributed by atoms with Crippen molar-refractivity contribution in [3.05, 3.63) is 102 Å². The molecule has 0 spiro atoms. The Hall–Kier alpha value is -3.09. The summed E-state index contributed by atoms with van der Waals surface area (Å²) < 4.78 is 28.1. The van der Waals surface area contributed by atoms with Gasteiger partial charge in [-0.1, -0.05) is 54.1 Å². The average Bonchev–Trinajstić information content (AvgIpc) is 3.22. The van der Waals surface area contributed by atoms with E-state index < -0.39 is 10.0 Å². The number of hydrogen-bond acceptors (Lipinski definition) is 3. The molecule has 0 aliphatic carbocycles. The third-order valence-electron chi connectivity index (χ3n) is 5.23. The highest BCUT2D eigenvalue weighted by Crippen LogP contribution is 2.32. The van der Waals surface area contributed by atoms with Gasteiger partial charge in [0.15, 0.2) is 0 Å². The van der Waals surface area contributed by atoms with Gasteiger partial charge >= 0.3 is 0 Å². The summed E-state index contributed by atoms with van der Waals surface area (Å²) in [6.07, 6.45) is 2.27. The lowest BCUT2D eigenvalue weighted by Gasteiger charge is -2.24. The Morgan fingerprint density at radius 3 is 2.52 bits per heavy atom. The summed E-state index contributed by atoms with van der Waals surface area (Å²) in [5.74, 6) is -0.318. The molecule has 7 heteroatoms. The van der Waals surface area contributed by atoms with Crippen LogP contribution in [0.2, 0.25) is 5.02 Å². The van der Waals surface area contributed by atoms with Gasteiger partial charge in [0.25, 0.3) is 15.9 Å². The fourth-order valence-electron chi connectivity index (χ4n) is 3.70. The number of anilines is 2. The molecule has 3 aromatic rings. The number of sulfonamides is 1. The Bertz CT molecular complexity index is 1240. The maximum atomic E-state index is 13.4. The van der Waals surface area contributed by atoms with Crippen LogP contribution in [0.25, 0.3) is 0 Å². The molecular weight excluding hydrogens is 432 g/mol. The summed E-state index contributed by atoms with van der Waals surface area (Å²) in [6, 6.07) is 20.7. The molecule has 158 valence electrons. The van der Waals surface area contributed by atoms with Gasteiger partial charge in [-0.3, -0.25) is 9.10 Å². The highest BCUT2D eigenvalue weighted by Gasteiger charge is 2.29. The van der Waals surface area contributed by atoms with E-state index in [2.05, 4.69) is 6.58 Å². The van der Waals surface area contributed by atoms with Crippen LogP contribution in [0.3, 0.4) is 0 Å². The van der Waals surface area contributed by atoms with Gasteiger partial charge < -0.3 is 4.90 Å². The minimum atomic E-state index is -3.94. The van der Waals surface area contributed by atoms with E-state index in [1.54, 1.807) is 29.2 Å². The maximum Gasteiger partial charge on any atom is 0.264 e. The molecule has 0 N–H and O–H groups in total. The number of carbonyl (C=O) groups is 1. The van der Waals surface area contributed by atoms with Crippen LogP contribution in [0.1, 0.15) is 15.9 Å². The number of halogens is 1. The molecule has 0 fully saturated rings. The standard InChI is InChI=1S/C24H21ClN2O3S/c1-2-15-27(19-9-4-3-5-10-19)31(29,30)20-12-13-22(25)21(17-20)24(28)26-16-14-18-8-6-7-11-23(18)26/h2-13,17H,1,14-16H2. The Morgan fingerprint density at radius 2 is 1.77 bits per heavy atom. The highest BCUT2D eigenvalue weighted by molar-refractivity contribution is 7.92. The topological polar surface area (TPSA) is 57.7 Å². The van der Waals surface area contributed by atoms with Crippen molar-refractivity contribution < 1.29 is 13.2 Å². The second-order valence-corrected chi connectivity index (χ2v) is 9.41. The third kappa shape index (κ3) is 3.96.